The van der Waals surface area contributed by atoms with E-state index in [2.05, 4.69) is 31.4 Å². The molecule has 1 aliphatic rings. The van der Waals surface area contributed by atoms with Gasteiger partial charge >= 0.3 is 12.0 Å². The molecule has 3 N–H and O–H groups in total. The van der Waals surface area contributed by atoms with Gasteiger partial charge < -0.3 is 15.7 Å². The smallest absolute Gasteiger partial charge is 0.314 e. The molecule has 2 amide bonds. The second-order valence-corrected chi connectivity index (χ2v) is 6.97. The number of nitrogens with one attached hydrogen (secondary N) is 2. The zero-order valence-electron chi connectivity index (χ0n) is 13.5. The molecule has 3 atom stereocenters. The number of hydrogen-bond donors (Lipinski definition) is 3. The van der Waals surface area contributed by atoms with Gasteiger partial charge in [-0.2, -0.15) is 0 Å². The molecular weight excluding hydrogens is 268 g/mol. The first-order valence-electron chi connectivity index (χ1n) is 8.10. The Morgan fingerprint density at radius 2 is 1.95 bits per heavy atom. The number of carboxylic acids is 1. The summed E-state index contributed by atoms with van der Waals surface area (Å²) >= 11 is 0. The molecule has 5 nitrogen and oxygen atoms in total. The van der Waals surface area contributed by atoms with E-state index in [4.69, 9.17) is 5.11 Å². The molecule has 1 saturated carbocycles. The van der Waals surface area contributed by atoms with Gasteiger partial charge in [-0.25, -0.2) is 4.79 Å². The highest BCUT2D eigenvalue weighted by atomic mass is 16.4. The predicted octanol–water partition coefficient (Wildman–Crippen LogP) is 2.86. The van der Waals surface area contributed by atoms with Gasteiger partial charge in [-0.1, -0.05) is 27.2 Å². The van der Waals surface area contributed by atoms with E-state index in [1.54, 1.807) is 0 Å². The van der Waals surface area contributed by atoms with Crippen molar-refractivity contribution in [1.82, 2.24) is 10.6 Å². The number of carbonyl (C=O) groups is 2. The van der Waals surface area contributed by atoms with Gasteiger partial charge in [0.2, 0.25) is 0 Å². The second kappa shape index (κ2) is 8.90. The summed E-state index contributed by atoms with van der Waals surface area (Å²) in [7, 11) is 0. The molecule has 1 rings (SSSR count). The molecule has 0 aromatic heterocycles. The van der Waals surface area contributed by atoms with E-state index in [1.807, 2.05) is 0 Å². The van der Waals surface area contributed by atoms with Crippen LogP contribution in [-0.4, -0.2) is 30.2 Å². The Bertz CT molecular complexity index is 344. The van der Waals surface area contributed by atoms with Crippen LogP contribution in [0, 0.1) is 23.7 Å². The van der Waals surface area contributed by atoms with Crippen LogP contribution in [0.4, 0.5) is 4.79 Å². The standard InChI is InChI=1S/C16H30N2O3/c1-11(2)6-14(8-15(19)20)10-18-16(21)17-9-13-5-4-12(3)7-13/h11-14H,4-10H2,1-3H3,(H,19,20)(H2,17,18,21)/t12?,13?,14-/m0/s1. The van der Waals surface area contributed by atoms with Crippen LogP contribution >= 0.6 is 0 Å². The third-order valence-electron chi connectivity index (χ3n) is 4.17. The van der Waals surface area contributed by atoms with Gasteiger partial charge in [0.15, 0.2) is 0 Å². The normalized spacial score (nSPS) is 23.0. The summed E-state index contributed by atoms with van der Waals surface area (Å²) in [6.45, 7) is 7.54. The van der Waals surface area contributed by atoms with Gasteiger partial charge in [0.25, 0.3) is 0 Å². The average molecular weight is 298 g/mol. The lowest BCUT2D eigenvalue weighted by Crippen LogP contribution is -2.40. The minimum Gasteiger partial charge on any atom is -0.481 e. The Labute approximate surface area is 127 Å². The van der Waals surface area contributed by atoms with Crippen LogP contribution in [0.2, 0.25) is 0 Å². The summed E-state index contributed by atoms with van der Waals surface area (Å²) < 4.78 is 0. The lowest BCUT2D eigenvalue weighted by molar-refractivity contribution is -0.138. The van der Waals surface area contributed by atoms with Gasteiger partial charge in [-0.05, 0) is 42.9 Å². The maximum absolute atomic E-state index is 11.8. The van der Waals surface area contributed by atoms with Crippen molar-refractivity contribution >= 4 is 12.0 Å². The first kappa shape index (κ1) is 17.8. The fraction of sp³-hybridized carbons (Fsp3) is 0.875. The topological polar surface area (TPSA) is 78.4 Å². The molecule has 21 heavy (non-hydrogen) atoms. The SMILES string of the molecule is CC(C)C[C@H](CNC(=O)NCC1CCC(C)C1)CC(=O)O. The second-order valence-electron chi connectivity index (χ2n) is 6.97. The molecule has 1 aliphatic carbocycles. The quantitative estimate of drug-likeness (QED) is 0.644. The number of urea groups is 1. The summed E-state index contributed by atoms with van der Waals surface area (Å²) in [6.07, 6.45) is 4.56. The fourth-order valence-electron chi connectivity index (χ4n) is 3.20. The Kier molecular flexibility index (Phi) is 7.54. The zero-order chi connectivity index (χ0) is 15.8. The highest BCUT2D eigenvalue weighted by molar-refractivity contribution is 5.74. The number of amides is 2. The Hall–Kier alpha value is -1.26. The number of aliphatic carboxylic acids is 1. The molecule has 122 valence electrons. The molecule has 0 aromatic rings. The van der Waals surface area contributed by atoms with Gasteiger partial charge in [0, 0.05) is 19.5 Å². The van der Waals surface area contributed by atoms with Crippen LogP contribution in [0.25, 0.3) is 0 Å². The van der Waals surface area contributed by atoms with Crippen molar-refractivity contribution in [3.63, 3.8) is 0 Å². The summed E-state index contributed by atoms with van der Waals surface area (Å²) in [4.78, 5) is 22.6. The monoisotopic (exact) mass is 298 g/mol. The van der Waals surface area contributed by atoms with Crippen LogP contribution in [0.15, 0.2) is 0 Å². The number of rotatable bonds is 8. The van der Waals surface area contributed by atoms with Crippen molar-refractivity contribution < 1.29 is 14.7 Å². The van der Waals surface area contributed by atoms with Crippen molar-refractivity contribution in [3.05, 3.63) is 0 Å². The van der Waals surface area contributed by atoms with E-state index < -0.39 is 5.97 Å². The molecule has 0 aliphatic heterocycles. The van der Waals surface area contributed by atoms with Crippen molar-refractivity contribution in [2.24, 2.45) is 23.7 Å². The molecule has 0 bridgehead atoms. The van der Waals surface area contributed by atoms with Crippen LogP contribution in [-0.2, 0) is 4.79 Å². The van der Waals surface area contributed by atoms with Crippen molar-refractivity contribution in [1.29, 1.82) is 0 Å². The van der Waals surface area contributed by atoms with E-state index in [-0.39, 0.29) is 18.4 Å². The van der Waals surface area contributed by atoms with Crippen LogP contribution in [0.5, 0.6) is 0 Å². The minimum atomic E-state index is -0.803. The average Bonchev–Trinajstić information content (AvgIpc) is 2.78. The molecular formula is C16H30N2O3. The molecule has 0 radical (unpaired) electrons. The minimum absolute atomic E-state index is 0.000229. The van der Waals surface area contributed by atoms with Crippen molar-refractivity contribution in [2.45, 2.75) is 52.9 Å². The van der Waals surface area contributed by atoms with E-state index in [0.29, 0.717) is 18.4 Å². The molecule has 5 heteroatoms. The Morgan fingerprint density at radius 1 is 1.24 bits per heavy atom. The highest BCUT2D eigenvalue weighted by Crippen LogP contribution is 2.29. The molecule has 0 saturated heterocycles. The first-order chi connectivity index (χ1) is 9.86. The third-order valence-corrected chi connectivity index (χ3v) is 4.17. The Morgan fingerprint density at radius 3 is 2.48 bits per heavy atom. The maximum Gasteiger partial charge on any atom is 0.314 e. The van der Waals surface area contributed by atoms with E-state index in [9.17, 15) is 9.59 Å². The van der Waals surface area contributed by atoms with Gasteiger partial charge in [0.05, 0.1) is 0 Å². The summed E-state index contributed by atoms with van der Waals surface area (Å²) in [5.74, 6) is 0.990. The summed E-state index contributed by atoms with van der Waals surface area (Å²) in [5, 5.41) is 14.6. The van der Waals surface area contributed by atoms with Crippen LogP contribution in [0.1, 0.15) is 52.9 Å². The zero-order valence-corrected chi connectivity index (χ0v) is 13.5. The van der Waals surface area contributed by atoms with Crippen molar-refractivity contribution in [2.75, 3.05) is 13.1 Å². The summed E-state index contributed by atoms with van der Waals surface area (Å²) in [5.41, 5.74) is 0. The van der Waals surface area contributed by atoms with E-state index in [1.165, 1.54) is 19.3 Å². The van der Waals surface area contributed by atoms with Crippen LogP contribution < -0.4 is 10.6 Å². The largest absolute Gasteiger partial charge is 0.481 e. The maximum atomic E-state index is 11.8. The first-order valence-corrected chi connectivity index (χ1v) is 8.10. The number of carbonyl (C=O) groups excluding carboxylic acids is 1. The highest BCUT2D eigenvalue weighted by Gasteiger charge is 2.22. The number of carboxylic acid groups (broad SMARTS) is 1. The predicted molar refractivity (Wildman–Crippen MR) is 83.1 cm³/mol. The summed E-state index contributed by atoms with van der Waals surface area (Å²) in [6, 6.07) is -0.173. The third kappa shape index (κ3) is 7.93. The van der Waals surface area contributed by atoms with Crippen LogP contribution in [0.3, 0.4) is 0 Å². The lowest BCUT2D eigenvalue weighted by Gasteiger charge is -2.18. The molecule has 0 heterocycles. The van der Waals surface area contributed by atoms with E-state index >= 15 is 0 Å². The Balaban J connectivity index is 2.23. The fourth-order valence-corrected chi connectivity index (χ4v) is 3.20. The van der Waals surface area contributed by atoms with Gasteiger partial charge in [0.1, 0.15) is 0 Å². The van der Waals surface area contributed by atoms with Crippen molar-refractivity contribution in [3.8, 4) is 0 Å². The molecule has 1 fully saturated rings. The van der Waals surface area contributed by atoms with E-state index in [0.717, 1.165) is 18.9 Å². The van der Waals surface area contributed by atoms with Gasteiger partial charge in [-0.3, -0.25) is 4.79 Å². The lowest BCUT2D eigenvalue weighted by atomic mass is 9.94. The molecule has 0 spiro atoms. The van der Waals surface area contributed by atoms with Gasteiger partial charge in [-0.15, -0.1) is 0 Å². The number of hydrogen-bond acceptors (Lipinski definition) is 2. The molecule has 2 unspecified atom stereocenters. The molecule has 0 aromatic carbocycles.